The Hall–Kier alpha value is -6.29. The molecule has 4 aromatic carbocycles. The van der Waals surface area contributed by atoms with Gasteiger partial charge in [0.1, 0.15) is 35.7 Å². The highest BCUT2D eigenvalue weighted by Gasteiger charge is 2.36. The highest BCUT2D eigenvalue weighted by molar-refractivity contribution is 6.30. The minimum absolute atomic E-state index is 0.0389. The number of ketones is 1. The number of fused-ring (bicyclic) bond motifs is 5. The summed E-state index contributed by atoms with van der Waals surface area (Å²) >= 11 is 6.06. The molecule has 0 radical (unpaired) electrons. The van der Waals surface area contributed by atoms with E-state index in [0.29, 0.717) is 65.4 Å². The molecule has 0 saturated heterocycles. The molecule has 0 fully saturated rings. The maximum Gasteiger partial charge on any atom is 0.251 e. The number of nitrogens with zero attached hydrogens (tertiary/aromatic N) is 1. The molecule has 4 aromatic rings. The fraction of sp³-hybridized carbons (Fsp3) is 0.362. The summed E-state index contributed by atoms with van der Waals surface area (Å²) in [5.74, 6) is -3.29. The molecule has 9 N–H and O–H groups in total. The molecule has 0 unspecified atom stereocenters. The van der Waals surface area contributed by atoms with Crippen LogP contribution in [0.5, 0.6) is 11.5 Å². The maximum absolute atomic E-state index is 14.7. The number of hydrogen-bond acceptors (Lipinski definition) is 10. The molecule has 0 aromatic heterocycles. The number of unbranched alkanes of at least 4 members (excludes halogenated alkanes) is 1. The third-order valence-electron chi connectivity index (χ3n) is 10.9. The zero-order valence-electron chi connectivity index (χ0n) is 35.9. The molecule has 0 saturated carbocycles. The molecule has 1 aliphatic rings. The number of carbonyl (C=O) groups is 6. The van der Waals surface area contributed by atoms with E-state index in [1.54, 1.807) is 66.7 Å². The molecule has 15 nitrogen and oxygen atoms in total. The number of benzene rings is 4. The first-order chi connectivity index (χ1) is 30.1. The smallest absolute Gasteiger partial charge is 0.251 e. The molecule has 0 spiro atoms. The normalized spacial score (nSPS) is 17.2. The number of nitrogens with one attached hydrogen (secondary N) is 4. The van der Waals surface area contributed by atoms with Crippen molar-refractivity contribution in [2.45, 2.75) is 83.1 Å². The number of phenols is 1. The van der Waals surface area contributed by atoms with E-state index >= 15 is 0 Å². The Morgan fingerprint density at radius 2 is 1.52 bits per heavy atom. The molecule has 334 valence electrons. The summed E-state index contributed by atoms with van der Waals surface area (Å²) in [5, 5.41) is 22.8. The number of ether oxygens (including phenoxy) is 1. The minimum Gasteiger partial charge on any atom is -0.507 e. The van der Waals surface area contributed by atoms with Gasteiger partial charge in [-0.3, -0.25) is 28.8 Å². The Morgan fingerprint density at radius 1 is 0.857 bits per heavy atom. The Morgan fingerprint density at radius 3 is 2.17 bits per heavy atom. The summed E-state index contributed by atoms with van der Waals surface area (Å²) in [7, 11) is 1.43. The molecular formula is C47H56ClN7O8. The van der Waals surface area contributed by atoms with E-state index in [9.17, 15) is 33.9 Å². The van der Waals surface area contributed by atoms with Crippen LogP contribution in [0.1, 0.15) is 74.0 Å². The van der Waals surface area contributed by atoms with E-state index in [0.717, 1.165) is 11.1 Å². The fourth-order valence-corrected chi connectivity index (χ4v) is 7.26. The van der Waals surface area contributed by atoms with Gasteiger partial charge in [0, 0.05) is 35.2 Å². The second-order valence-electron chi connectivity index (χ2n) is 15.7. The van der Waals surface area contributed by atoms with Gasteiger partial charge in [-0.15, -0.1) is 0 Å². The molecule has 5 rings (SSSR count). The first-order valence-corrected chi connectivity index (χ1v) is 21.3. The van der Waals surface area contributed by atoms with Gasteiger partial charge in [-0.1, -0.05) is 48.0 Å². The van der Waals surface area contributed by atoms with Crippen molar-refractivity contribution < 1.29 is 38.6 Å². The van der Waals surface area contributed by atoms with Gasteiger partial charge in [0.05, 0.1) is 12.6 Å². The molecule has 1 aliphatic heterocycles. The average Bonchev–Trinajstić information content (AvgIpc) is 3.26. The van der Waals surface area contributed by atoms with Crippen LogP contribution in [0.25, 0.3) is 22.3 Å². The lowest BCUT2D eigenvalue weighted by Gasteiger charge is -2.32. The Kier molecular flexibility index (Phi) is 16.8. The number of rotatable bonds is 16. The van der Waals surface area contributed by atoms with Crippen molar-refractivity contribution in [1.29, 1.82) is 0 Å². The Labute approximate surface area is 372 Å². The number of carbonyl (C=O) groups excluding carboxylic acids is 6. The van der Waals surface area contributed by atoms with Crippen LogP contribution < -0.4 is 37.5 Å². The quantitative estimate of drug-likeness (QED) is 0.0794. The largest absolute Gasteiger partial charge is 0.507 e. The number of amides is 5. The molecular weight excluding hydrogens is 826 g/mol. The Bertz CT molecular complexity index is 2290. The lowest BCUT2D eigenvalue weighted by molar-refractivity contribution is -0.141. The van der Waals surface area contributed by atoms with E-state index in [4.69, 9.17) is 27.8 Å². The molecule has 63 heavy (non-hydrogen) atoms. The van der Waals surface area contributed by atoms with Crippen molar-refractivity contribution >= 4 is 46.9 Å². The third-order valence-corrected chi connectivity index (χ3v) is 11.2. The van der Waals surface area contributed by atoms with Crippen molar-refractivity contribution in [3.63, 3.8) is 0 Å². The number of hydrogen-bond donors (Lipinski definition) is 7. The van der Waals surface area contributed by atoms with Gasteiger partial charge in [0.2, 0.25) is 23.6 Å². The summed E-state index contributed by atoms with van der Waals surface area (Å²) < 4.78 is 6.13. The zero-order chi connectivity index (χ0) is 45.8. The second-order valence-corrected chi connectivity index (χ2v) is 16.1. The van der Waals surface area contributed by atoms with Crippen LogP contribution in [0.15, 0.2) is 84.9 Å². The summed E-state index contributed by atoms with van der Waals surface area (Å²) in [6.45, 7) is 5.25. The van der Waals surface area contributed by atoms with E-state index in [1.807, 2.05) is 12.1 Å². The topological polar surface area (TPSA) is 235 Å². The van der Waals surface area contributed by atoms with Gasteiger partial charge in [-0.25, -0.2) is 0 Å². The van der Waals surface area contributed by atoms with Crippen molar-refractivity contribution in [3.8, 4) is 33.8 Å². The number of halogens is 1. The van der Waals surface area contributed by atoms with Gasteiger partial charge in [0.25, 0.3) is 5.91 Å². The SMILES string of the molecule is CC(=O)[C@H](C)NC(=O)[C@@H]1Cc2ccc(O)c(c2)-c2cc(ccc2OCCCN)[C@H](N(C)C(=O)[C@H](CCCCN)NC(=O)c2ccc(-c3ccc(Cl)cc3)cc2)C(=O)N[C@@H](C)C(=O)N1. The number of nitrogens with two attached hydrogens (primary N) is 2. The standard InChI is InChI=1S/C47H56ClN7O8/c1-27(29(3)56)51-45(60)39-25-30-9-19-40(57)36(24-30)37-26-34(16-20-41(37)63-23-7-22-50)42(46(61)52-28(2)43(58)54-39)55(4)47(62)38(8-5-6-21-49)53-44(59)33-12-10-31(11-13-33)32-14-17-35(48)18-15-32/h9-20,24,26-28,38-39,42,57H,5-8,21-23,25,49-50H2,1-4H3,(H,51,60)(H,52,61)(H,53,59)(H,54,58)/t27-,28-,38-,39-,42-/m0/s1. The summed E-state index contributed by atoms with van der Waals surface area (Å²) in [5.41, 5.74) is 15.1. The number of Topliss-reactive ketones (excluding diaryl/α,β-unsaturated/α-hetero) is 1. The van der Waals surface area contributed by atoms with Gasteiger partial charge in [-0.2, -0.15) is 0 Å². The third kappa shape index (κ3) is 12.4. The van der Waals surface area contributed by atoms with Crippen molar-refractivity contribution in [1.82, 2.24) is 26.2 Å². The van der Waals surface area contributed by atoms with Crippen molar-refractivity contribution in [2.24, 2.45) is 11.5 Å². The van der Waals surface area contributed by atoms with Gasteiger partial charge in [0.15, 0.2) is 5.78 Å². The van der Waals surface area contributed by atoms with E-state index in [-0.39, 0.29) is 36.5 Å². The summed E-state index contributed by atoms with van der Waals surface area (Å²) in [6, 6.07) is 18.0. The lowest BCUT2D eigenvalue weighted by atomic mass is 9.93. The summed E-state index contributed by atoms with van der Waals surface area (Å²) in [4.78, 5) is 83.6. The van der Waals surface area contributed by atoms with Crippen LogP contribution in [-0.4, -0.2) is 96.2 Å². The van der Waals surface area contributed by atoms with Crippen LogP contribution in [-0.2, 0) is 30.4 Å². The first kappa shape index (κ1) is 47.8. The number of phenolic OH excluding ortho intramolecular Hbond substituents is 1. The number of likely N-dealkylation sites (N-methyl/N-ethyl adjacent to an activating group) is 1. The maximum atomic E-state index is 14.7. The minimum atomic E-state index is -1.39. The van der Waals surface area contributed by atoms with Crippen LogP contribution in [0.3, 0.4) is 0 Å². The molecule has 4 bridgehead atoms. The molecule has 16 heteroatoms. The second kappa shape index (κ2) is 22.2. The average molecular weight is 882 g/mol. The van der Waals surface area contributed by atoms with Crippen molar-refractivity contribution in [2.75, 3.05) is 26.7 Å². The molecule has 5 amide bonds. The zero-order valence-corrected chi connectivity index (χ0v) is 36.7. The fourth-order valence-electron chi connectivity index (χ4n) is 7.13. The predicted molar refractivity (Wildman–Crippen MR) is 241 cm³/mol. The molecule has 1 heterocycles. The van der Waals surface area contributed by atoms with Gasteiger partial charge >= 0.3 is 0 Å². The highest BCUT2D eigenvalue weighted by Crippen LogP contribution is 2.39. The van der Waals surface area contributed by atoms with Crippen LogP contribution in [0.2, 0.25) is 5.02 Å². The van der Waals surface area contributed by atoms with E-state index in [1.165, 1.54) is 38.8 Å². The molecule has 0 aliphatic carbocycles. The molecule has 5 atom stereocenters. The first-order valence-electron chi connectivity index (χ1n) is 21.0. The van der Waals surface area contributed by atoms with Crippen LogP contribution in [0.4, 0.5) is 0 Å². The summed E-state index contributed by atoms with van der Waals surface area (Å²) in [6.07, 6.45) is 1.74. The predicted octanol–water partition coefficient (Wildman–Crippen LogP) is 4.17. The van der Waals surface area contributed by atoms with E-state index in [2.05, 4.69) is 21.3 Å². The highest BCUT2D eigenvalue weighted by atomic mass is 35.5. The Balaban J connectivity index is 1.55. The van der Waals surface area contributed by atoms with Gasteiger partial charge in [-0.05, 0) is 130 Å². The van der Waals surface area contributed by atoms with Crippen LogP contribution >= 0.6 is 11.6 Å². The van der Waals surface area contributed by atoms with Crippen molar-refractivity contribution in [3.05, 3.63) is 107 Å². The van der Waals surface area contributed by atoms with Gasteiger partial charge < -0.3 is 47.5 Å². The monoisotopic (exact) mass is 881 g/mol. The van der Waals surface area contributed by atoms with Crippen LogP contribution in [0, 0.1) is 0 Å². The lowest BCUT2D eigenvalue weighted by Crippen LogP contribution is -2.56. The number of aromatic hydroxyl groups is 1. The van der Waals surface area contributed by atoms with E-state index < -0.39 is 59.7 Å².